The molecule has 0 spiro atoms. The number of carbonyl (C=O) groups excluding carboxylic acids is 1. The van der Waals surface area contributed by atoms with Gasteiger partial charge in [0.1, 0.15) is 24.4 Å². The Hall–Kier alpha value is -3.33. The van der Waals surface area contributed by atoms with Crippen LogP contribution in [0.5, 0.6) is 28.7 Å². The Morgan fingerprint density at radius 3 is 2.21 bits per heavy atom. The molecule has 4 heterocycles. The maximum absolute atomic E-state index is 13.5. The Kier molecular flexibility index (Phi) is 7.27. The number of cyclic esters (lactones) is 1. The van der Waals surface area contributed by atoms with Crippen LogP contribution in [0.4, 0.5) is 0 Å². The topological polar surface area (TPSA) is 150 Å². The smallest absolute Gasteiger partial charge is 0.310 e. The molecule has 10 atom stereocenters. The van der Waals surface area contributed by atoms with Crippen LogP contribution in [0.2, 0.25) is 0 Å². The van der Waals surface area contributed by atoms with Crippen molar-refractivity contribution in [3.63, 3.8) is 0 Å². The van der Waals surface area contributed by atoms with Crippen LogP contribution in [-0.4, -0.2) is 94.5 Å². The lowest BCUT2D eigenvalue weighted by atomic mass is 9.66. The summed E-state index contributed by atoms with van der Waals surface area (Å²) in [6, 6.07) is 7.31. The van der Waals surface area contributed by atoms with E-state index >= 15 is 0 Å². The van der Waals surface area contributed by atoms with Crippen LogP contribution >= 0.6 is 0 Å². The van der Waals surface area contributed by atoms with Crippen molar-refractivity contribution in [2.24, 2.45) is 11.8 Å². The number of carbonyl (C=O) groups is 1. The summed E-state index contributed by atoms with van der Waals surface area (Å²) in [6.45, 7) is 1.99. The molecule has 0 amide bonds. The summed E-state index contributed by atoms with van der Waals surface area (Å²) in [7, 11) is 4.58. The SMILES string of the molecule is COc1cc([C@@H]2c3cc4c(cc3[C@H](O[C@H]3O[C@@H]5CO[C@H](C)O[C@H]5[C@H](O)[C@H]3O)[C@H]3COC(=O)[C@H]23)OCO4)cc(OC)c1OC. The van der Waals surface area contributed by atoms with Gasteiger partial charge in [0.25, 0.3) is 0 Å². The Bertz CT molecular complexity index is 1370. The molecule has 2 aromatic rings. The summed E-state index contributed by atoms with van der Waals surface area (Å²) < 4.78 is 57.7. The van der Waals surface area contributed by atoms with Gasteiger partial charge >= 0.3 is 5.97 Å². The van der Waals surface area contributed by atoms with E-state index in [9.17, 15) is 15.0 Å². The van der Waals surface area contributed by atoms with E-state index in [4.69, 9.17) is 47.4 Å². The summed E-state index contributed by atoms with van der Waals surface area (Å²) >= 11 is 0. The van der Waals surface area contributed by atoms with Crippen LogP contribution in [0.25, 0.3) is 0 Å². The van der Waals surface area contributed by atoms with Crippen molar-refractivity contribution in [1.82, 2.24) is 0 Å². The zero-order valence-electron chi connectivity index (χ0n) is 24.1. The van der Waals surface area contributed by atoms with Crippen molar-refractivity contribution in [1.29, 1.82) is 0 Å². The quantitative estimate of drug-likeness (QED) is 0.462. The van der Waals surface area contributed by atoms with Gasteiger partial charge in [-0.3, -0.25) is 4.79 Å². The minimum Gasteiger partial charge on any atom is -0.493 e. The van der Waals surface area contributed by atoms with E-state index in [1.807, 2.05) is 24.3 Å². The number of aliphatic hydroxyl groups excluding tert-OH is 2. The third-order valence-corrected chi connectivity index (χ3v) is 8.93. The number of hydrogen-bond acceptors (Lipinski definition) is 13. The zero-order valence-corrected chi connectivity index (χ0v) is 24.1. The second-order valence-electron chi connectivity index (χ2n) is 11.2. The number of aliphatic hydroxyl groups is 2. The molecule has 13 nitrogen and oxygen atoms in total. The lowest BCUT2D eigenvalue weighted by Crippen LogP contribution is -2.63. The highest BCUT2D eigenvalue weighted by Gasteiger charge is 2.56. The Morgan fingerprint density at radius 1 is 0.837 bits per heavy atom. The molecule has 13 heteroatoms. The number of methoxy groups -OCH3 is 3. The molecule has 0 radical (unpaired) electrons. The molecule has 2 aromatic carbocycles. The molecular formula is C30H34O13. The number of esters is 1. The van der Waals surface area contributed by atoms with E-state index in [1.165, 1.54) is 21.3 Å². The number of ether oxygens (including phenoxy) is 10. The molecule has 0 unspecified atom stereocenters. The van der Waals surface area contributed by atoms with Crippen LogP contribution in [0.15, 0.2) is 24.3 Å². The van der Waals surface area contributed by atoms with Crippen molar-refractivity contribution >= 4 is 5.97 Å². The summed E-state index contributed by atoms with van der Waals surface area (Å²) in [5.41, 5.74) is 2.19. The van der Waals surface area contributed by atoms with Gasteiger partial charge in [-0.25, -0.2) is 0 Å². The van der Waals surface area contributed by atoms with Crippen molar-refractivity contribution in [3.05, 3.63) is 41.0 Å². The molecule has 7 rings (SSSR count). The first-order valence-electron chi connectivity index (χ1n) is 14.2. The first-order chi connectivity index (χ1) is 20.8. The highest BCUT2D eigenvalue weighted by atomic mass is 16.8. The van der Waals surface area contributed by atoms with Gasteiger partial charge in [-0.2, -0.15) is 0 Å². The molecule has 4 aliphatic heterocycles. The van der Waals surface area contributed by atoms with Crippen molar-refractivity contribution in [2.75, 3.05) is 41.3 Å². The highest BCUT2D eigenvalue weighted by molar-refractivity contribution is 5.79. The first kappa shape index (κ1) is 28.4. The first-order valence-corrected chi connectivity index (χ1v) is 14.2. The molecule has 3 fully saturated rings. The number of benzene rings is 2. The second kappa shape index (κ2) is 11.0. The van der Waals surface area contributed by atoms with Gasteiger partial charge in [0.2, 0.25) is 12.5 Å². The molecule has 0 bridgehead atoms. The standard InChI is InChI=1S/C30H34O13/c1-12-37-10-21-28(41-12)24(31)25(32)30(42-21)43-26-15-8-18-17(39-11-40-18)7-14(15)22(23-16(26)9-38-29(23)33)13-5-19(34-2)27(36-4)20(6-13)35-3/h5-8,12,16,21-26,28,30-32H,9-11H2,1-4H3/t12-,16-,21+,22+,23-,24+,25+,26-,28+,30+/m0/s1. The molecule has 2 N–H and O–H groups in total. The molecule has 0 aromatic heterocycles. The van der Waals surface area contributed by atoms with Crippen molar-refractivity contribution < 1.29 is 62.4 Å². The predicted molar refractivity (Wildman–Crippen MR) is 143 cm³/mol. The Labute approximate surface area is 247 Å². The minimum absolute atomic E-state index is 0.0473. The lowest BCUT2D eigenvalue weighted by Gasteiger charge is -2.47. The fraction of sp³-hybridized carbons (Fsp3) is 0.567. The molecule has 5 aliphatic rings. The van der Waals surface area contributed by atoms with E-state index in [-0.39, 0.29) is 20.0 Å². The Balaban J connectivity index is 1.32. The Morgan fingerprint density at radius 2 is 1.53 bits per heavy atom. The summed E-state index contributed by atoms with van der Waals surface area (Å²) in [4.78, 5) is 13.5. The zero-order chi connectivity index (χ0) is 30.0. The van der Waals surface area contributed by atoms with Crippen LogP contribution in [0.1, 0.15) is 35.6 Å². The summed E-state index contributed by atoms with van der Waals surface area (Å²) in [6.07, 6.45) is -6.70. The number of fused-ring (bicyclic) bond motifs is 4. The van der Waals surface area contributed by atoms with Gasteiger partial charge in [-0.15, -0.1) is 0 Å². The van der Waals surface area contributed by atoms with E-state index in [0.717, 1.165) is 11.1 Å². The van der Waals surface area contributed by atoms with Crippen LogP contribution in [-0.2, 0) is 28.5 Å². The fourth-order valence-electron chi connectivity index (χ4n) is 6.92. The molecular weight excluding hydrogens is 568 g/mol. The molecule has 3 saturated heterocycles. The van der Waals surface area contributed by atoms with E-state index in [1.54, 1.807) is 6.92 Å². The normalized spacial score (nSPS) is 35.8. The third kappa shape index (κ3) is 4.57. The van der Waals surface area contributed by atoms with E-state index < -0.39 is 66.8 Å². The van der Waals surface area contributed by atoms with Gasteiger partial charge in [0.15, 0.2) is 35.6 Å². The van der Waals surface area contributed by atoms with E-state index in [2.05, 4.69) is 0 Å². The van der Waals surface area contributed by atoms with Gasteiger partial charge in [-0.05, 0) is 47.9 Å². The van der Waals surface area contributed by atoms with Gasteiger partial charge in [-0.1, -0.05) is 0 Å². The van der Waals surface area contributed by atoms with Crippen LogP contribution in [0, 0.1) is 11.8 Å². The summed E-state index contributed by atoms with van der Waals surface area (Å²) in [5, 5.41) is 22.0. The van der Waals surface area contributed by atoms with Crippen molar-refractivity contribution in [2.45, 2.75) is 55.9 Å². The maximum Gasteiger partial charge on any atom is 0.310 e. The molecule has 1 aliphatic carbocycles. The van der Waals surface area contributed by atoms with Crippen molar-refractivity contribution in [3.8, 4) is 28.7 Å². The lowest BCUT2D eigenvalue weighted by molar-refractivity contribution is -0.364. The third-order valence-electron chi connectivity index (χ3n) is 8.93. The fourth-order valence-corrected chi connectivity index (χ4v) is 6.92. The largest absolute Gasteiger partial charge is 0.493 e. The second-order valence-corrected chi connectivity index (χ2v) is 11.2. The maximum atomic E-state index is 13.5. The molecule has 232 valence electrons. The monoisotopic (exact) mass is 602 g/mol. The van der Waals surface area contributed by atoms with Crippen LogP contribution < -0.4 is 23.7 Å². The number of rotatable bonds is 6. The molecule has 43 heavy (non-hydrogen) atoms. The molecule has 0 saturated carbocycles. The summed E-state index contributed by atoms with van der Waals surface area (Å²) in [5.74, 6) is 0.289. The van der Waals surface area contributed by atoms with E-state index in [0.29, 0.717) is 34.3 Å². The van der Waals surface area contributed by atoms with Gasteiger partial charge in [0.05, 0.1) is 46.6 Å². The predicted octanol–water partition coefficient (Wildman–Crippen LogP) is 1.64. The van der Waals surface area contributed by atoms with Gasteiger partial charge in [0, 0.05) is 11.8 Å². The van der Waals surface area contributed by atoms with Gasteiger partial charge < -0.3 is 57.6 Å². The van der Waals surface area contributed by atoms with Crippen LogP contribution in [0.3, 0.4) is 0 Å². The minimum atomic E-state index is -1.42. The average molecular weight is 603 g/mol. The highest BCUT2D eigenvalue weighted by Crippen LogP contribution is 2.57. The average Bonchev–Trinajstić information content (AvgIpc) is 3.64. The number of hydrogen-bond donors (Lipinski definition) is 2.